The average molecular weight is 435 g/mol. The lowest BCUT2D eigenvalue weighted by atomic mass is 10.2. The highest BCUT2D eigenvalue weighted by Crippen LogP contribution is 2.20. The van der Waals surface area contributed by atoms with Crippen molar-refractivity contribution in [2.24, 2.45) is 0 Å². The molecule has 1 aromatic heterocycles. The van der Waals surface area contributed by atoms with E-state index in [1.54, 1.807) is 11.9 Å². The van der Waals surface area contributed by atoms with Crippen LogP contribution < -0.4 is 0 Å². The van der Waals surface area contributed by atoms with Crippen LogP contribution in [0, 0.1) is 10.5 Å². The first-order chi connectivity index (χ1) is 8.97. The van der Waals surface area contributed by atoms with E-state index in [0.29, 0.717) is 17.9 Å². The topological polar surface area (TPSA) is 61.9 Å². The zero-order valence-corrected chi connectivity index (χ0v) is 14.2. The van der Waals surface area contributed by atoms with Gasteiger partial charge in [0, 0.05) is 15.1 Å². The Morgan fingerprint density at radius 3 is 2.89 bits per heavy atom. The maximum Gasteiger partial charge on any atom is 0.255 e. The maximum absolute atomic E-state index is 12.4. The minimum Gasteiger partial charge on any atom is -0.334 e. The number of halogens is 2. The van der Waals surface area contributed by atoms with Crippen molar-refractivity contribution in [1.82, 2.24) is 20.1 Å². The number of carbonyl (C=O) groups excluding carboxylic acids is 1. The molecule has 1 amide bonds. The van der Waals surface area contributed by atoms with Gasteiger partial charge in [0.25, 0.3) is 5.91 Å². The summed E-state index contributed by atoms with van der Waals surface area (Å²) in [5, 5.41) is 6.80. The van der Waals surface area contributed by atoms with Crippen molar-refractivity contribution in [3.05, 3.63) is 43.5 Å². The number of nitrogens with zero attached hydrogens (tertiary/aromatic N) is 3. The Kier molecular flexibility index (Phi) is 4.56. The fourth-order valence-corrected chi connectivity index (χ4v) is 2.54. The Morgan fingerprint density at radius 2 is 2.26 bits per heavy atom. The molecular weight excluding hydrogens is 423 g/mol. The van der Waals surface area contributed by atoms with Crippen LogP contribution in [0.15, 0.2) is 22.7 Å². The van der Waals surface area contributed by atoms with Crippen molar-refractivity contribution in [3.8, 4) is 0 Å². The van der Waals surface area contributed by atoms with E-state index in [0.717, 1.165) is 13.9 Å². The molecule has 0 aliphatic heterocycles. The van der Waals surface area contributed by atoms with Gasteiger partial charge in [-0.3, -0.25) is 9.89 Å². The van der Waals surface area contributed by atoms with Crippen LogP contribution in [0.5, 0.6) is 0 Å². The molecule has 2 aromatic rings. The second-order valence-electron chi connectivity index (χ2n) is 4.12. The fraction of sp³-hybridized carbons (Fsp3) is 0.250. The standard InChI is InChI=1S/C12H12BrIN4O/c1-7-15-11(17-16-7)6-18(2)12(19)9-5-8(13)3-4-10(9)14/h3-5H,6H2,1-2H3,(H,15,16,17). The lowest BCUT2D eigenvalue weighted by Gasteiger charge is -2.16. The molecule has 0 unspecified atom stereocenters. The van der Waals surface area contributed by atoms with E-state index >= 15 is 0 Å². The Balaban J connectivity index is 2.16. The molecular formula is C12H12BrIN4O. The quantitative estimate of drug-likeness (QED) is 0.755. The number of aryl methyl sites for hydroxylation is 1. The third-order valence-corrected chi connectivity index (χ3v) is 3.96. The predicted octanol–water partition coefficient (Wildman–Crippen LogP) is 2.75. The Labute approximate surface area is 133 Å². The van der Waals surface area contributed by atoms with E-state index in [1.807, 2.05) is 25.1 Å². The number of nitrogens with one attached hydrogen (secondary N) is 1. The number of amides is 1. The van der Waals surface area contributed by atoms with Gasteiger partial charge in [-0.2, -0.15) is 5.10 Å². The number of carbonyl (C=O) groups is 1. The number of hydrogen-bond acceptors (Lipinski definition) is 3. The first-order valence-corrected chi connectivity index (χ1v) is 7.43. The molecule has 0 aliphatic carbocycles. The lowest BCUT2D eigenvalue weighted by Crippen LogP contribution is -2.27. The SMILES string of the molecule is Cc1nc(CN(C)C(=O)c2cc(Br)ccc2I)n[nH]1. The van der Waals surface area contributed by atoms with Crippen molar-refractivity contribution in [2.45, 2.75) is 13.5 Å². The summed E-state index contributed by atoms with van der Waals surface area (Å²) < 4.78 is 1.81. The molecule has 5 nitrogen and oxygen atoms in total. The number of aromatic nitrogens is 3. The van der Waals surface area contributed by atoms with Gasteiger partial charge >= 0.3 is 0 Å². The van der Waals surface area contributed by atoms with E-state index in [1.165, 1.54) is 0 Å². The Morgan fingerprint density at radius 1 is 1.53 bits per heavy atom. The highest BCUT2D eigenvalue weighted by Gasteiger charge is 2.16. The summed E-state index contributed by atoms with van der Waals surface area (Å²) in [6.45, 7) is 2.21. The third-order valence-electron chi connectivity index (χ3n) is 2.53. The summed E-state index contributed by atoms with van der Waals surface area (Å²) in [7, 11) is 1.74. The van der Waals surface area contributed by atoms with E-state index in [9.17, 15) is 4.79 Å². The predicted molar refractivity (Wildman–Crippen MR) is 83.8 cm³/mol. The summed E-state index contributed by atoms with van der Waals surface area (Å²) in [4.78, 5) is 18.2. The van der Waals surface area contributed by atoms with E-state index < -0.39 is 0 Å². The van der Waals surface area contributed by atoms with Crippen molar-refractivity contribution in [2.75, 3.05) is 7.05 Å². The molecule has 1 heterocycles. The second-order valence-corrected chi connectivity index (χ2v) is 6.20. The number of hydrogen-bond donors (Lipinski definition) is 1. The van der Waals surface area contributed by atoms with Gasteiger partial charge in [0.15, 0.2) is 5.82 Å². The molecule has 0 saturated heterocycles. The summed E-state index contributed by atoms with van der Waals surface area (Å²) >= 11 is 5.54. The van der Waals surface area contributed by atoms with Crippen LogP contribution in [0.3, 0.4) is 0 Å². The number of H-pyrrole nitrogens is 1. The smallest absolute Gasteiger partial charge is 0.255 e. The molecule has 100 valence electrons. The third kappa shape index (κ3) is 3.53. The number of rotatable bonds is 3. The molecule has 0 spiro atoms. The van der Waals surface area contributed by atoms with Crippen LogP contribution in [0.25, 0.3) is 0 Å². The fourth-order valence-electron chi connectivity index (χ4n) is 1.61. The molecule has 1 N–H and O–H groups in total. The number of aromatic amines is 1. The van der Waals surface area contributed by atoms with Crippen LogP contribution in [0.4, 0.5) is 0 Å². The van der Waals surface area contributed by atoms with Gasteiger partial charge in [0.1, 0.15) is 5.82 Å². The Bertz CT molecular complexity index is 614. The lowest BCUT2D eigenvalue weighted by molar-refractivity contribution is 0.0780. The molecule has 0 saturated carbocycles. The first-order valence-electron chi connectivity index (χ1n) is 5.56. The van der Waals surface area contributed by atoms with Crippen LogP contribution in [-0.2, 0) is 6.54 Å². The van der Waals surface area contributed by atoms with Crippen LogP contribution in [0.2, 0.25) is 0 Å². The molecule has 19 heavy (non-hydrogen) atoms. The van der Waals surface area contributed by atoms with Crippen LogP contribution in [-0.4, -0.2) is 33.0 Å². The highest BCUT2D eigenvalue weighted by atomic mass is 127. The van der Waals surface area contributed by atoms with E-state index in [2.05, 4.69) is 53.7 Å². The van der Waals surface area contributed by atoms with Crippen molar-refractivity contribution < 1.29 is 4.79 Å². The van der Waals surface area contributed by atoms with Gasteiger partial charge in [-0.25, -0.2) is 4.98 Å². The van der Waals surface area contributed by atoms with E-state index in [-0.39, 0.29) is 5.91 Å². The average Bonchev–Trinajstić information content (AvgIpc) is 2.77. The summed E-state index contributed by atoms with van der Waals surface area (Å²) in [5.74, 6) is 1.30. The minimum atomic E-state index is -0.0480. The molecule has 0 radical (unpaired) electrons. The maximum atomic E-state index is 12.4. The molecule has 0 fully saturated rings. The summed E-state index contributed by atoms with van der Waals surface area (Å²) in [5.41, 5.74) is 0.671. The van der Waals surface area contributed by atoms with Gasteiger partial charge in [0.05, 0.1) is 12.1 Å². The first kappa shape index (κ1) is 14.4. The summed E-state index contributed by atoms with van der Waals surface area (Å²) in [6, 6.07) is 5.64. The Hall–Kier alpha value is -0.960. The molecule has 1 aromatic carbocycles. The molecule has 7 heteroatoms. The molecule has 0 aliphatic rings. The molecule has 0 bridgehead atoms. The summed E-state index contributed by atoms with van der Waals surface area (Å²) in [6.07, 6.45) is 0. The molecule has 2 rings (SSSR count). The minimum absolute atomic E-state index is 0.0480. The second kappa shape index (κ2) is 6.00. The normalized spacial score (nSPS) is 10.5. The monoisotopic (exact) mass is 434 g/mol. The zero-order valence-electron chi connectivity index (χ0n) is 10.4. The molecule has 0 atom stereocenters. The van der Waals surface area contributed by atoms with Gasteiger partial charge < -0.3 is 4.90 Å². The highest BCUT2D eigenvalue weighted by molar-refractivity contribution is 14.1. The van der Waals surface area contributed by atoms with Crippen molar-refractivity contribution in [3.63, 3.8) is 0 Å². The van der Waals surface area contributed by atoms with Gasteiger partial charge in [0.2, 0.25) is 0 Å². The van der Waals surface area contributed by atoms with E-state index in [4.69, 9.17) is 0 Å². The van der Waals surface area contributed by atoms with Crippen molar-refractivity contribution in [1.29, 1.82) is 0 Å². The van der Waals surface area contributed by atoms with Crippen molar-refractivity contribution >= 4 is 44.4 Å². The van der Waals surface area contributed by atoms with Crippen LogP contribution in [0.1, 0.15) is 22.0 Å². The van der Waals surface area contributed by atoms with Crippen LogP contribution >= 0.6 is 38.5 Å². The van der Waals surface area contributed by atoms with Gasteiger partial charge in [-0.1, -0.05) is 15.9 Å². The zero-order chi connectivity index (χ0) is 14.0. The largest absolute Gasteiger partial charge is 0.334 e. The number of benzene rings is 1. The van der Waals surface area contributed by atoms with Gasteiger partial charge in [-0.15, -0.1) is 0 Å². The van der Waals surface area contributed by atoms with Gasteiger partial charge in [-0.05, 0) is 47.7 Å².